The van der Waals surface area contributed by atoms with E-state index < -0.39 is 0 Å². The maximum atomic E-state index is 13.2. The maximum absolute atomic E-state index is 13.2. The third-order valence-electron chi connectivity index (χ3n) is 6.77. The number of hydrogen-bond acceptors (Lipinski definition) is 6. The molecule has 1 aromatic carbocycles. The van der Waals surface area contributed by atoms with Gasteiger partial charge in [-0.15, -0.1) is 11.3 Å². The van der Waals surface area contributed by atoms with Gasteiger partial charge < -0.3 is 30.2 Å². The molecule has 0 saturated carbocycles. The second kappa shape index (κ2) is 8.01. The molecule has 1 amide bonds. The lowest BCUT2D eigenvalue weighted by Gasteiger charge is -2.31. The average Bonchev–Trinajstić information content (AvgIpc) is 3.44. The van der Waals surface area contributed by atoms with Crippen molar-refractivity contribution in [2.24, 2.45) is 5.73 Å². The third kappa shape index (κ3) is 3.24. The molecule has 7 nitrogen and oxygen atoms in total. The first kappa shape index (κ1) is 21.2. The Morgan fingerprint density at radius 3 is 2.88 bits per heavy atom. The number of ether oxygens (including phenoxy) is 1. The van der Waals surface area contributed by atoms with E-state index in [9.17, 15) is 4.79 Å². The first-order chi connectivity index (χ1) is 15.4. The molecule has 0 aliphatic carbocycles. The van der Waals surface area contributed by atoms with E-state index in [0.29, 0.717) is 17.9 Å². The molecule has 2 unspecified atom stereocenters. The number of methoxy groups -OCH3 is 1. The summed E-state index contributed by atoms with van der Waals surface area (Å²) in [5, 5.41) is 7.19. The number of hydrogen-bond donors (Lipinski definition) is 2. The number of nitrogens with zero attached hydrogens (tertiary/aromatic N) is 3. The van der Waals surface area contributed by atoms with Crippen LogP contribution in [0.25, 0.3) is 10.2 Å². The zero-order valence-electron chi connectivity index (χ0n) is 19.1. The smallest absolute Gasteiger partial charge is 0.254 e. The van der Waals surface area contributed by atoms with Crippen LogP contribution in [-0.2, 0) is 6.54 Å². The van der Waals surface area contributed by atoms with E-state index in [1.165, 1.54) is 21.5 Å². The molecule has 4 heterocycles. The monoisotopic (exact) mass is 453 g/mol. The minimum absolute atomic E-state index is 0.0159. The van der Waals surface area contributed by atoms with Gasteiger partial charge in [0.15, 0.2) is 0 Å². The van der Waals surface area contributed by atoms with Crippen LogP contribution < -0.4 is 20.7 Å². The zero-order chi connectivity index (χ0) is 22.6. The minimum Gasteiger partial charge on any atom is -0.494 e. The SMILES string of the molecule is CCn1c(C2Nc3cc(C(=O)N4CCCC(N)C4)cc(OC)c3N2C)cc2c(C)csc21. The molecule has 170 valence electrons. The van der Waals surface area contributed by atoms with Crippen LogP contribution in [0, 0.1) is 6.92 Å². The fourth-order valence-electron chi connectivity index (χ4n) is 5.10. The van der Waals surface area contributed by atoms with Gasteiger partial charge in [-0.05, 0) is 55.8 Å². The summed E-state index contributed by atoms with van der Waals surface area (Å²) in [7, 11) is 3.74. The van der Waals surface area contributed by atoms with Gasteiger partial charge in [0, 0.05) is 43.7 Å². The van der Waals surface area contributed by atoms with Crippen LogP contribution in [0.4, 0.5) is 11.4 Å². The summed E-state index contributed by atoms with van der Waals surface area (Å²) in [6, 6.07) is 6.17. The molecule has 2 atom stereocenters. The molecule has 1 fully saturated rings. The second-order valence-corrected chi connectivity index (χ2v) is 9.70. The number of likely N-dealkylation sites (tertiary alicyclic amines) is 1. The molecule has 32 heavy (non-hydrogen) atoms. The average molecular weight is 454 g/mol. The van der Waals surface area contributed by atoms with E-state index in [4.69, 9.17) is 10.5 Å². The van der Waals surface area contributed by atoms with Crippen molar-refractivity contribution in [1.82, 2.24) is 9.47 Å². The number of nitrogens with one attached hydrogen (secondary N) is 1. The summed E-state index contributed by atoms with van der Waals surface area (Å²) in [4.78, 5) is 18.6. The second-order valence-electron chi connectivity index (χ2n) is 8.84. The van der Waals surface area contributed by atoms with Crippen molar-refractivity contribution in [2.45, 2.75) is 45.4 Å². The predicted octanol–water partition coefficient (Wildman–Crippen LogP) is 4.16. The number of fused-ring (bicyclic) bond motifs is 2. The quantitative estimate of drug-likeness (QED) is 0.620. The van der Waals surface area contributed by atoms with Crippen molar-refractivity contribution in [3.8, 4) is 5.75 Å². The van der Waals surface area contributed by atoms with Gasteiger partial charge in [-0.2, -0.15) is 0 Å². The summed E-state index contributed by atoms with van der Waals surface area (Å²) in [5.41, 5.74) is 11.2. The van der Waals surface area contributed by atoms with Crippen molar-refractivity contribution in [1.29, 1.82) is 0 Å². The minimum atomic E-state index is -0.0355. The normalized spacial score (nSPS) is 20.5. The summed E-state index contributed by atoms with van der Waals surface area (Å²) in [6.07, 6.45) is 1.88. The molecule has 0 radical (unpaired) electrons. The lowest BCUT2D eigenvalue weighted by Crippen LogP contribution is -2.45. The molecule has 2 aliphatic rings. The Balaban J connectivity index is 1.52. The van der Waals surface area contributed by atoms with Crippen LogP contribution in [0.1, 0.15) is 47.5 Å². The van der Waals surface area contributed by atoms with Gasteiger partial charge in [0.25, 0.3) is 5.91 Å². The molecule has 2 aliphatic heterocycles. The van der Waals surface area contributed by atoms with Crippen molar-refractivity contribution in [3.05, 3.63) is 40.4 Å². The molecule has 1 saturated heterocycles. The number of anilines is 2. The highest BCUT2D eigenvalue weighted by molar-refractivity contribution is 7.17. The molecular formula is C24H31N5O2S. The van der Waals surface area contributed by atoms with Gasteiger partial charge in [0.1, 0.15) is 22.4 Å². The summed E-state index contributed by atoms with van der Waals surface area (Å²) in [6.45, 7) is 6.60. The predicted molar refractivity (Wildman–Crippen MR) is 131 cm³/mol. The summed E-state index contributed by atoms with van der Waals surface area (Å²) >= 11 is 1.79. The van der Waals surface area contributed by atoms with E-state index in [1.807, 2.05) is 17.0 Å². The Kier molecular flexibility index (Phi) is 5.29. The van der Waals surface area contributed by atoms with Crippen LogP contribution in [0.2, 0.25) is 0 Å². The molecule has 5 rings (SSSR count). The van der Waals surface area contributed by atoms with Gasteiger partial charge in [0.2, 0.25) is 0 Å². The fourth-order valence-corrected chi connectivity index (χ4v) is 6.23. The number of carbonyl (C=O) groups excluding carboxylic acids is 1. The number of piperidine rings is 1. The molecule has 2 aromatic heterocycles. The van der Waals surface area contributed by atoms with Gasteiger partial charge in [-0.1, -0.05) is 0 Å². The van der Waals surface area contributed by atoms with E-state index >= 15 is 0 Å². The first-order valence-electron chi connectivity index (χ1n) is 11.3. The highest BCUT2D eigenvalue weighted by Crippen LogP contribution is 2.48. The number of benzene rings is 1. The van der Waals surface area contributed by atoms with Crippen molar-refractivity contribution in [2.75, 3.05) is 37.5 Å². The molecule has 8 heteroatoms. The summed E-state index contributed by atoms with van der Waals surface area (Å²) < 4.78 is 8.12. The first-order valence-corrected chi connectivity index (χ1v) is 12.1. The van der Waals surface area contributed by atoms with E-state index in [1.54, 1.807) is 18.4 Å². The maximum Gasteiger partial charge on any atom is 0.254 e. The van der Waals surface area contributed by atoms with Gasteiger partial charge >= 0.3 is 0 Å². The standard InChI is InChI=1S/C24H31N5O2S/c1-5-29-19(11-17-14(2)13-32-24(17)29)22-26-18-9-15(10-20(31-4)21(18)27(22)3)23(30)28-8-6-7-16(25)12-28/h9-11,13,16,22,26H,5-8,12,25H2,1-4H3. The van der Waals surface area contributed by atoms with Crippen LogP contribution in [0.15, 0.2) is 23.6 Å². The van der Waals surface area contributed by atoms with Crippen LogP contribution in [0.3, 0.4) is 0 Å². The van der Waals surface area contributed by atoms with E-state index in [2.05, 4.69) is 47.1 Å². The van der Waals surface area contributed by atoms with Crippen molar-refractivity contribution < 1.29 is 9.53 Å². The van der Waals surface area contributed by atoms with Gasteiger partial charge in [-0.3, -0.25) is 4.79 Å². The number of amides is 1. The molecule has 3 N–H and O–H groups in total. The van der Waals surface area contributed by atoms with Gasteiger partial charge in [0.05, 0.1) is 18.5 Å². The molecule has 3 aromatic rings. The van der Waals surface area contributed by atoms with E-state index in [0.717, 1.165) is 37.3 Å². The lowest BCUT2D eigenvalue weighted by molar-refractivity contribution is 0.0708. The number of aryl methyl sites for hydroxylation is 2. The summed E-state index contributed by atoms with van der Waals surface area (Å²) in [5.74, 6) is 0.722. The number of carbonyl (C=O) groups is 1. The topological polar surface area (TPSA) is 75.8 Å². The molecular weight excluding hydrogens is 422 g/mol. The van der Waals surface area contributed by atoms with Crippen LogP contribution in [-0.4, -0.2) is 48.7 Å². The molecule has 0 spiro atoms. The Hall–Kier alpha value is -2.71. The highest BCUT2D eigenvalue weighted by Gasteiger charge is 2.34. The number of aromatic nitrogens is 1. The van der Waals surface area contributed by atoms with Crippen molar-refractivity contribution >= 4 is 38.8 Å². The van der Waals surface area contributed by atoms with Gasteiger partial charge in [-0.25, -0.2) is 0 Å². The van der Waals surface area contributed by atoms with E-state index in [-0.39, 0.29) is 18.1 Å². The Labute approximate surface area is 192 Å². The highest BCUT2D eigenvalue weighted by atomic mass is 32.1. The number of nitrogens with two attached hydrogens (primary N) is 1. The van der Waals surface area contributed by atoms with Crippen LogP contribution >= 0.6 is 11.3 Å². The Morgan fingerprint density at radius 1 is 1.34 bits per heavy atom. The number of thiophene rings is 1. The fraction of sp³-hybridized carbons (Fsp3) is 0.458. The zero-order valence-corrected chi connectivity index (χ0v) is 20.0. The Bertz CT molecular complexity index is 1180. The number of rotatable bonds is 4. The molecule has 0 bridgehead atoms. The largest absolute Gasteiger partial charge is 0.494 e. The third-order valence-corrected chi connectivity index (χ3v) is 7.90. The Morgan fingerprint density at radius 2 is 2.16 bits per heavy atom. The van der Waals surface area contributed by atoms with Crippen LogP contribution in [0.5, 0.6) is 5.75 Å². The van der Waals surface area contributed by atoms with Crippen molar-refractivity contribution in [3.63, 3.8) is 0 Å². The lowest BCUT2D eigenvalue weighted by atomic mass is 10.0.